The molecule has 2 rings (SSSR count). The Kier molecular flexibility index (Phi) is 8.23. The van der Waals surface area contributed by atoms with Crippen LogP contribution >= 0.6 is 0 Å². The Balaban J connectivity index is 1.98. The number of nitrogens with zero attached hydrogens (tertiary/aromatic N) is 2. The van der Waals surface area contributed by atoms with E-state index in [1.807, 2.05) is 12.1 Å². The predicted molar refractivity (Wildman–Crippen MR) is 114 cm³/mol. The Bertz CT molecular complexity index is 655. The van der Waals surface area contributed by atoms with Gasteiger partial charge in [-0.15, -0.1) is 0 Å². The highest BCUT2D eigenvalue weighted by Crippen LogP contribution is 2.34. The first kappa shape index (κ1) is 22.1. The van der Waals surface area contributed by atoms with Crippen LogP contribution in [0.25, 0.3) is 0 Å². The molecule has 0 radical (unpaired) electrons. The smallest absolute Gasteiger partial charge is 0.191 e. The molecular weight excluding hydrogens is 356 g/mol. The maximum absolute atomic E-state index is 5.50. The van der Waals surface area contributed by atoms with Gasteiger partial charge in [0.15, 0.2) is 17.5 Å². The van der Waals surface area contributed by atoms with Crippen LogP contribution in [0.4, 0.5) is 0 Å². The van der Waals surface area contributed by atoms with Gasteiger partial charge in [0.25, 0.3) is 0 Å². The summed E-state index contributed by atoms with van der Waals surface area (Å²) < 4.78 is 16.3. The molecule has 1 fully saturated rings. The number of benzene rings is 1. The van der Waals surface area contributed by atoms with Crippen LogP contribution in [0, 0.1) is 0 Å². The Hall–Kier alpha value is -2.15. The molecule has 158 valence electrons. The molecule has 1 aliphatic rings. The fourth-order valence-electron chi connectivity index (χ4n) is 3.54. The Morgan fingerprint density at radius 1 is 0.964 bits per heavy atom. The van der Waals surface area contributed by atoms with Gasteiger partial charge in [-0.3, -0.25) is 9.89 Å². The molecule has 0 amide bonds. The Morgan fingerprint density at radius 2 is 1.57 bits per heavy atom. The van der Waals surface area contributed by atoms with E-state index in [1.54, 1.807) is 28.4 Å². The molecule has 1 saturated heterocycles. The van der Waals surface area contributed by atoms with Gasteiger partial charge in [0.05, 0.1) is 21.3 Å². The number of hydrogen-bond acceptors (Lipinski definition) is 5. The number of nitrogens with one attached hydrogen (secondary N) is 2. The van der Waals surface area contributed by atoms with Gasteiger partial charge in [-0.05, 0) is 45.8 Å². The Labute approximate surface area is 169 Å². The molecule has 0 saturated carbocycles. The van der Waals surface area contributed by atoms with Crippen molar-refractivity contribution in [2.45, 2.75) is 45.2 Å². The minimum atomic E-state index is 0.0824. The normalized spacial score (nSPS) is 15.9. The van der Waals surface area contributed by atoms with Crippen LogP contribution in [0.1, 0.15) is 38.7 Å². The third-order valence-corrected chi connectivity index (χ3v) is 5.36. The first-order chi connectivity index (χ1) is 13.4. The second-order valence-electron chi connectivity index (χ2n) is 7.66. The second-order valence-corrected chi connectivity index (χ2v) is 7.66. The molecule has 7 nitrogen and oxygen atoms in total. The highest BCUT2D eigenvalue weighted by molar-refractivity contribution is 5.79. The van der Waals surface area contributed by atoms with Gasteiger partial charge in [0, 0.05) is 37.3 Å². The average molecular weight is 393 g/mol. The van der Waals surface area contributed by atoms with Crippen LogP contribution in [0.3, 0.4) is 0 Å². The molecule has 7 heteroatoms. The van der Waals surface area contributed by atoms with E-state index in [1.165, 1.54) is 32.4 Å². The second kappa shape index (κ2) is 10.4. The maximum Gasteiger partial charge on any atom is 0.191 e. The zero-order chi connectivity index (χ0) is 20.6. The standard InChI is InChI=1S/C21H36N4O3/c1-21(2,25-10-8-7-9-11-25)15-24-20(22-3)23-14-16-12-18(27-5)19(28-6)13-17(16)26-4/h12-13H,7-11,14-15H2,1-6H3,(H2,22,23,24). The van der Waals surface area contributed by atoms with Crippen molar-refractivity contribution in [2.75, 3.05) is 48.0 Å². The highest BCUT2D eigenvalue weighted by Gasteiger charge is 2.27. The van der Waals surface area contributed by atoms with Crippen molar-refractivity contribution in [1.29, 1.82) is 0 Å². The fraction of sp³-hybridized carbons (Fsp3) is 0.667. The lowest BCUT2D eigenvalue weighted by molar-refractivity contribution is 0.0982. The van der Waals surface area contributed by atoms with E-state index in [4.69, 9.17) is 14.2 Å². The molecule has 1 aromatic carbocycles. The molecular formula is C21H36N4O3. The summed E-state index contributed by atoms with van der Waals surface area (Å²) in [7, 11) is 6.68. The van der Waals surface area contributed by atoms with Crippen molar-refractivity contribution < 1.29 is 14.2 Å². The molecule has 0 aliphatic carbocycles. The largest absolute Gasteiger partial charge is 0.496 e. The minimum Gasteiger partial charge on any atom is -0.496 e. The van der Waals surface area contributed by atoms with Gasteiger partial charge in [-0.2, -0.15) is 0 Å². The van der Waals surface area contributed by atoms with Crippen molar-refractivity contribution in [1.82, 2.24) is 15.5 Å². The summed E-state index contributed by atoms with van der Waals surface area (Å²) in [5.41, 5.74) is 1.05. The van der Waals surface area contributed by atoms with Gasteiger partial charge in [0.2, 0.25) is 0 Å². The van der Waals surface area contributed by atoms with Gasteiger partial charge in [-0.25, -0.2) is 0 Å². The summed E-state index contributed by atoms with van der Waals surface area (Å²) in [6.07, 6.45) is 3.92. The number of piperidine rings is 1. The number of rotatable bonds is 8. The van der Waals surface area contributed by atoms with Crippen LogP contribution in [0.15, 0.2) is 17.1 Å². The van der Waals surface area contributed by atoms with Crippen LogP contribution in [0.2, 0.25) is 0 Å². The van der Waals surface area contributed by atoms with E-state index in [0.29, 0.717) is 18.0 Å². The number of aliphatic imine (C=N–C) groups is 1. The lowest BCUT2D eigenvalue weighted by Gasteiger charge is -2.41. The number of likely N-dealkylation sites (tertiary alicyclic amines) is 1. The van der Waals surface area contributed by atoms with Crippen molar-refractivity contribution in [3.8, 4) is 17.2 Å². The predicted octanol–water partition coefficient (Wildman–Crippen LogP) is 2.64. The summed E-state index contributed by atoms with van der Waals surface area (Å²) in [4.78, 5) is 6.93. The van der Waals surface area contributed by atoms with Gasteiger partial charge in [0.1, 0.15) is 5.75 Å². The molecule has 0 bridgehead atoms. The number of ether oxygens (including phenoxy) is 3. The van der Waals surface area contributed by atoms with E-state index < -0.39 is 0 Å². The zero-order valence-corrected chi connectivity index (χ0v) is 18.2. The summed E-state index contributed by atoms with van der Waals surface area (Å²) in [6.45, 7) is 8.31. The van der Waals surface area contributed by atoms with Gasteiger partial charge < -0.3 is 24.8 Å². The molecule has 0 atom stereocenters. The molecule has 1 aliphatic heterocycles. The van der Waals surface area contributed by atoms with E-state index in [2.05, 4.69) is 34.4 Å². The van der Waals surface area contributed by atoms with Crippen LogP contribution < -0.4 is 24.8 Å². The SMILES string of the molecule is CN=C(NCc1cc(OC)c(OC)cc1OC)NCC(C)(C)N1CCCCC1. The van der Waals surface area contributed by atoms with E-state index in [0.717, 1.165) is 23.8 Å². The summed E-state index contributed by atoms with van der Waals surface area (Å²) >= 11 is 0. The van der Waals surface area contributed by atoms with Crippen molar-refractivity contribution in [3.05, 3.63) is 17.7 Å². The van der Waals surface area contributed by atoms with E-state index in [9.17, 15) is 0 Å². The lowest BCUT2D eigenvalue weighted by atomic mass is 9.98. The number of guanidine groups is 1. The Morgan fingerprint density at radius 3 is 2.14 bits per heavy atom. The van der Waals surface area contributed by atoms with Gasteiger partial charge >= 0.3 is 0 Å². The molecule has 0 unspecified atom stereocenters. The van der Waals surface area contributed by atoms with E-state index in [-0.39, 0.29) is 5.54 Å². The molecule has 2 N–H and O–H groups in total. The number of hydrogen-bond donors (Lipinski definition) is 2. The molecule has 1 heterocycles. The molecule has 28 heavy (non-hydrogen) atoms. The van der Waals surface area contributed by atoms with Crippen molar-refractivity contribution in [2.24, 2.45) is 4.99 Å². The summed E-state index contributed by atoms with van der Waals surface area (Å²) in [5, 5.41) is 6.84. The zero-order valence-electron chi connectivity index (χ0n) is 18.2. The molecule has 1 aromatic rings. The van der Waals surface area contributed by atoms with E-state index >= 15 is 0 Å². The lowest BCUT2D eigenvalue weighted by Crippen LogP contribution is -2.54. The fourth-order valence-corrected chi connectivity index (χ4v) is 3.54. The van der Waals surface area contributed by atoms with Crippen molar-refractivity contribution >= 4 is 5.96 Å². The third kappa shape index (κ3) is 5.67. The number of methoxy groups -OCH3 is 3. The topological polar surface area (TPSA) is 67.4 Å². The van der Waals surface area contributed by atoms with Crippen LogP contribution in [-0.2, 0) is 6.54 Å². The first-order valence-corrected chi connectivity index (χ1v) is 9.93. The average Bonchev–Trinajstić information content (AvgIpc) is 2.73. The van der Waals surface area contributed by atoms with Gasteiger partial charge in [-0.1, -0.05) is 6.42 Å². The monoisotopic (exact) mass is 392 g/mol. The molecule has 0 spiro atoms. The van der Waals surface area contributed by atoms with Crippen LogP contribution in [0.5, 0.6) is 17.2 Å². The summed E-state index contributed by atoms with van der Waals surface area (Å²) in [5.74, 6) is 2.83. The summed E-state index contributed by atoms with van der Waals surface area (Å²) in [6, 6.07) is 3.76. The third-order valence-electron chi connectivity index (χ3n) is 5.36. The minimum absolute atomic E-state index is 0.0824. The quantitative estimate of drug-likeness (QED) is 0.524. The molecule has 0 aromatic heterocycles. The van der Waals surface area contributed by atoms with Crippen LogP contribution in [-0.4, -0.2) is 64.4 Å². The van der Waals surface area contributed by atoms with Crippen molar-refractivity contribution in [3.63, 3.8) is 0 Å². The maximum atomic E-state index is 5.50. The highest BCUT2D eigenvalue weighted by atomic mass is 16.5. The first-order valence-electron chi connectivity index (χ1n) is 9.93.